The van der Waals surface area contributed by atoms with Gasteiger partial charge in [-0.1, -0.05) is 23.7 Å². The molecule has 0 aliphatic carbocycles. The number of benzene rings is 1. The molecule has 0 bridgehead atoms. The molecular formula is C13H17ClNO2S+. The lowest BCUT2D eigenvalue weighted by Crippen LogP contribution is -2.87. The third kappa shape index (κ3) is 2.99. The van der Waals surface area contributed by atoms with Gasteiger partial charge >= 0.3 is 5.97 Å². The summed E-state index contributed by atoms with van der Waals surface area (Å²) >= 11 is 9.88. The van der Waals surface area contributed by atoms with Crippen LogP contribution in [0.2, 0.25) is 5.02 Å². The van der Waals surface area contributed by atoms with Crippen LogP contribution in [0.3, 0.4) is 0 Å². The van der Waals surface area contributed by atoms with E-state index in [4.69, 9.17) is 16.3 Å². The van der Waals surface area contributed by atoms with E-state index in [1.54, 1.807) is 0 Å². The monoisotopic (exact) mass is 286 g/mol. The Morgan fingerprint density at radius 2 is 1.94 bits per heavy atom. The molecule has 5 heteroatoms. The summed E-state index contributed by atoms with van der Waals surface area (Å²) in [6.07, 6.45) is 1.66. The maximum atomic E-state index is 11.6. The van der Waals surface area contributed by atoms with Crippen LogP contribution in [0.5, 0.6) is 0 Å². The van der Waals surface area contributed by atoms with E-state index in [2.05, 4.69) is 17.9 Å². The van der Waals surface area contributed by atoms with E-state index in [-0.39, 0.29) is 11.7 Å². The predicted octanol–water partition coefficient (Wildman–Crippen LogP) is 1.37. The molecule has 1 saturated heterocycles. The SMILES string of the molecule is O=C(CS)OC1(c2ccc(Cl)cc2)CC[NH2+]CC1. The molecule has 98 valence electrons. The van der Waals surface area contributed by atoms with E-state index in [9.17, 15) is 4.79 Å². The van der Waals surface area contributed by atoms with Gasteiger partial charge in [-0.25, -0.2) is 0 Å². The number of esters is 1. The quantitative estimate of drug-likeness (QED) is 0.651. The summed E-state index contributed by atoms with van der Waals surface area (Å²) in [7, 11) is 0. The number of rotatable bonds is 3. The van der Waals surface area contributed by atoms with Crippen LogP contribution >= 0.6 is 24.2 Å². The summed E-state index contributed by atoms with van der Waals surface area (Å²) in [5.74, 6) is -0.158. The largest absolute Gasteiger partial charge is 0.453 e. The van der Waals surface area contributed by atoms with Crippen LogP contribution in [0, 0.1) is 0 Å². The van der Waals surface area contributed by atoms with Gasteiger partial charge in [-0.05, 0) is 17.7 Å². The first-order chi connectivity index (χ1) is 8.66. The maximum absolute atomic E-state index is 11.6. The van der Waals surface area contributed by atoms with Gasteiger partial charge in [0.15, 0.2) is 0 Å². The predicted molar refractivity (Wildman–Crippen MR) is 74.0 cm³/mol. The second kappa shape index (κ2) is 5.95. The van der Waals surface area contributed by atoms with Gasteiger partial charge in [-0.2, -0.15) is 12.6 Å². The van der Waals surface area contributed by atoms with E-state index in [1.165, 1.54) is 0 Å². The lowest BCUT2D eigenvalue weighted by molar-refractivity contribution is -0.668. The van der Waals surface area contributed by atoms with Crippen LogP contribution in [-0.2, 0) is 15.1 Å². The standard InChI is InChI=1S/C13H16ClNO2S/c14-11-3-1-10(2-4-11)13(17-12(16)9-18)5-7-15-8-6-13/h1-4,15,18H,5-9H2/p+1. The number of hydrogen-bond acceptors (Lipinski definition) is 3. The molecule has 2 rings (SSSR count). The summed E-state index contributed by atoms with van der Waals surface area (Å²) in [5.41, 5.74) is 0.522. The van der Waals surface area contributed by atoms with Gasteiger partial charge in [-0.3, -0.25) is 4.79 Å². The van der Waals surface area contributed by atoms with Gasteiger partial charge in [0.25, 0.3) is 0 Å². The lowest BCUT2D eigenvalue weighted by Gasteiger charge is -2.35. The molecule has 1 aromatic rings. The first kappa shape index (κ1) is 13.7. The van der Waals surface area contributed by atoms with Crippen LogP contribution in [0.4, 0.5) is 0 Å². The van der Waals surface area contributed by atoms with Crippen LogP contribution in [-0.4, -0.2) is 24.8 Å². The number of thiol groups is 1. The summed E-state index contributed by atoms with van der Waals surface area (Å²) in [5, 5.41) is 2.93. The first-order valence-electron chi connectivity index (χ1n) is 6.07. The summed E-state index contributed by atoms with van der Waals surface area (Å²) in [6, 6.07) is 7.57. The number of carbonyl (C=O) groups is 1. The Morgan fingerprint density at radius 3 is 2.50 bits per heavy atom. The number of piperidine rings is 1. The van der Waals surface area contributed by atoms with Crippen molar-refractivity contribution in [2.24, 2.45) is 0 Å². The van der Waals surface area contributed by atoms with Crippen molar-refractivity contribution in [2.75, 3.05) is 18.8 Å². The average molecular weight is 287 g/mol. The molecule has 0 unspecified atom stereocenters. The van der Waals surface area contributed by atoms with Crippen molar-refractivity contribution >= 4 is 30.2 Å². The van der Waals surface area contributed by atoms with E-state index < -0.39 is 5.60 Å². The van der Waals surface area contributed by atoms with E-state index in [0.29, 0.717) is 5.02 Å². The molecule has 0 atom stereocenters. The molecule has 18 heavy (non-hydrogen) atoms. The highest BCUT2D eigenvalue weighted by Crippen LogP contribution is 2.34. The number of carbonyl (C=O) groups excluding carboxylic acids is 1. The zero-order chi connectivity index (χ0) is 13.0. The van der Waals surface area contributed by atoms with Gasteiger partial charge in [0.1, 0.15) is 5.60 Å². The number of nitrogens with two attached hydrogens (primary N) is 1. The fourth-order valence-corrected chi connectivity index (χ4v) is 2.58. The molecule has 1 aliphatic heterocycles. The fourth-order valence-electron chi connectivity index (χ4n) is 2.39. The topological polar surface area (TPSA) is 42.9 Å². The molecule has 3 nitrogen and oxygen atoms in total. The Labute approximate surface area is 117 Å². The van der Waals surface area contributed by atoms with Crippen molar-refractivity contribution in [3.05, 3.63) is 34.9 Å². The minimum atomic E-state index is -0.501. The zero-order valence-electron chi connectivity index (χ0n) is 10.1. The molecular weight excluding hydrogens is 270 g/mol. The summed E-state index contributed by atoms with van der Waals surface area (Å²) in [6.45, 7) is 1.92. The van der Waals surface area contributed by atoms with Crippen LogP contribution in [0.25, 0.3) is 0 Å². The number of hydrogen-bond donors (Lipinski definition) is 2. The molecule has 1 fully saturated rings. The molecule has 0 aromatic heterocycles. The Morgan fingerprint density at radius 1 is 1.33 bits per heavy atom. The third-order valence-corrected chi connectivity index (χ3v) is 3.82. The van der Waals surface area contributed by atoms with E-state index >= 15 is 0 Å². The van der Waals surface area contributed by atoms with Crippen LogP contribution in [0.1, 0.15) is 18.4 Å². The van der Waals surface area contributed by atoms with Crippen LogP contribution < -0.4 is 5.32 Å². The van der Waals surface area contributed by atoms with Gasteiger partial charge in [0, 0.05) is 17.9 Å². The van der Waals surface area contributed by atoms with Crippen molar-refractivity contribution in [2.45, 2.75) is 18.4 Å². The smallest absolute Gasteiger partial charge is 0.316 e. The molecule has 0 amide bonds. The van der Waals surface area contributed by atoms with E-state index in [0.717, 1.165) is 31.5 Å². The molecule has 0 saturated carbocycles. The first-order valence-corrected chi connectivity index (χ1v) is 7.08. The average Bonchev–Trinajstić information content (AvgIpc) is 2.40. The third-order valence-electron chi connectivity index (χ3n) is 3.31. The van der Waals surface area contributed by atoms with Crippen molar-refractivity contribution < 1.29 is 14.8 Å². The van der Waals surface area contributed by atoms with Crippen LogP contribution in [0.15, 0.2) is 24.3 Å². The van der Waals surface area contributed by atoms with Crippen molar-refractivity contribution in [3.8, 4) is 0 Å². The van der Waals surface area contributed by atoms with Crippen molar-refractivity contribution in [1.82, 2.24) is 0 Å². The summed E-state index contributed by atoms with van der Waals surface area (Å²) < 4.78 is 5.68. The number of quaternary nitrogens is 1. The lowest BCUT2D eigenvalue weighted by atomic mass is 9.85. The van der Waals surface area contributed by atoms with Gasteiger partial charge in [0.05, 0.1) is 18.8 Å². The second-order valence-electron chi connectivity index (χ2n) is 4.50. The minimum absolute atomic E-state index is 0.110. The normalized spacial score (nSPS) is 18.3. The second-order valence-corrected chi connectivity index (χ2v) is 5.25. The molecule has 1 aliphatic rings. The minimum Gasteiger partial charge on any atom is -0.453 e. The molecule has 0 spiro atoms. The Bertz CT molecular complexity index is 416. The van der Waals surface area contributed by atoms with Gasteiger partial charge in [0.2, 0.25) is 0 Å². The van der Waals surface area contributed by atoms with Crippen molar-refractivity contribution in [1.29, 1.82) is 0 Å². The summed E-state index contributed by atoms with van der Waals surface area (Å²) in [4.78, 5) is 11.6. The molecule has 1 heterocycles. The Hall–Kier alpha value is -0.710. The molecule has 1 aromatic carbocycles. The number of halogens is 1. The van der Waals surface area contributed by atoms with E-state index in [1.807, 2.05) is 24.3 Å². The van der Waals surface area contributed by atoms with Crippen molar-refractivity contribution in [3.63, 3.8) is 0 Å². The number of ether oxygens (including phenoxy) is 1. The maximum Gasteiger partial charge on any atom is 0.316 e. The van der Waals surface area contributed by atoms with Gasteiger partial charge in [-0.15, -0.1) is 0 Å². The highest BCUT2D eigenvalue weighted by molar-refractivity contribution is 7.81. The Balaban J connectivity index is 2.28. The fraction of sp³-hybridized carbons (Fsp3) is 0.462. The van der Waals surface area contributed by atoms with Gasteiger partial charge < -0.3 is 10.1 Å². The Kier molecular flexibility index (Phi) is 4.54. The zero-order valence-corrected chi connectivity index (χ0v) is 11.7. The molecule has 2 N–H and O–H groups in total. The highest BCUT2D eigenvalue weighted by atomic mass is 35.5. The molecule has 0 radical (unpaired) electrons. The highest BCUT2D eigenvalue weighted by Gasteiger charge is 2.39.